The highest BCUT2D eigenvalue weighted by Gasteiger charge is 2.25. The van der Waals surface area contributed by atoms with Gasteiger partial charge in [0.15, 0.2) is 6.54 Å². The van der Waals surface area contributed by atoms with Crippen LogP contribution in [0.1, 0.15) is 12.5 Å². The molecular formula is C18H29ClN4O2+2. The van der Waals surface area contributed by atoms with Crippen LogP contribution in [0.25, 0.3) is 0 Å². The second-order valence-electron chi connectivity index (χ2n) is 6.80. The van der Waals surface area contributed by atoms with Gasteiger partial charge >= 0.3 is 0 Å². The summed E-state index contributed by atoms with van der Waals surface area (Å²) in [5, 5.41) is 3.43. The zero-order chi connectivity index (χ0) is 18.4. The maximum atomic E-state index is 12.5. The number of quaternary nitrogens is 2. The van der Waals surface area contributed by atoms with E-state index in [1.54, 1.807) is 17.0 Å². The Bertz CT molecular complexity index is 615. The van der Waals surface area contributed by atoms with Crippen molar-refractivity contribution in [1.82, 2.24) is 4.90 Å². The lowest BCUT2D eigenvalue weighted by molar-refractivity contribution is -1.000. The highest BCUT2D eigenvalue weighted by Crippen LogP contribution is 2.20. The summed E-state index contributed by atoms with van der Waals surface area (Å²) >= 11 is 5.98. The van der Waals surface area contributed by atoms with Crippen molar-refractivity contribution in [2.75, 3.05) is 58.2 Å². The third-order valence-electron chi connectivity index (χ3n) is 4.75. The van der Waals surface area contributed by atoms with Crippen molar-refractivity contribution in [3.8, 4) is 0 Å². The molecule has 1 aliphatic heterocycles. The molecule has 6 nitrogen and oxygen atoms in total. The number of likely N-dealkylation sites (N-methyl/N-ethyl adjacent to an activating group) is 2. The number of aryl methyl sites for hydroxylation is 1. The predicted octanol–water partition coefficient (Wildman–Crippen LogP) is -1.15. The van der Waals surface area contributed by atoms with Gasteiger partial charge in [-0.15, -0.1) is 0 Å². The first kappa shape index (κ1) is 19.7. The normalized spacial score (nSPS) is 20.2. The van der Waals surface area contributed by atoms with Crippen LogP contribution in [0.4, 0.5) is 5.69 Å². The fraction of sp³-hybridized carbons (Fsp3) is 0.556. The minimum atomic E-state index is -0.196. The predicted molar refractivity (Wildman–Crippen MR) is 99.3 cm³/mol. The average molecular weight is 369 g/mol. The number of piperazine rings is 1. The molecule has 0 atom stereocenters. The van der Waals surface area contributed by atoms with Gasteiger partial charge in [-0.05, 0) is 31.5 Å². The first-order chi connectivity index (χ1) is 11.9. The highest BCUT2D eigenvalue weighted by atomic mass is 35.5. The molecule has 2 amide bonds. The summed E-state index contributed by atoms with van der Waals surface area (Å²) < 4.78 is 0. The molecule has 25 heavy (non-hydrogen) atoms. The lowest BCUT2D eigenvalue weighted by Crippen LogP contribution is -3.27. The molecule has 1 heterocycles. The molecule has 0 radical (unpaired) electrons. The molecule has 1 aromatic carbocycles. The molecule has 0 aromatic heterocycles. The molecule has 138 valence electrons. The van der Waals surface area contributed by atoms with E-state index in [-0.39, 0.29) is 18.4 Å². The number of nitrogens with one attached hydrogen (secondary N) is 3. The second kappa shape index (κ2) is 9.17. The SMILES string of the molecule is CCN(CC(=O)Nc1cc(Cl)ccc1C)C(=O)C[NH+]1CC[NH+](C)CC1. The summed E-state index contributed by atoms with van der Waals surface area (Å²) in [6.45, 7) is 9.05. The van der Waals surface area contributed by atoms with Gasteiger partial charge in [0.1, 0.15) is 32.7 Å². The smallest absolute Gasteiger partial charge is 0.278 e. The molecule has 1 fully saturated rings. The van der Waals surface area contributed by atoms with Crippen LogP contribution < -0.4 is 15.1 Å². The van der Waals surface area contributed by atoms with E-state index in [1.807, 2.05) is 19.9 Å². The van der Waals surface area contributed by atoms with Gasteiger partial charge < -0.3 is 20.0 Å². The number of anilines is 1. The van der Waals surface area contributed by atoms with Crippen LogP contribution in [-0.2, 0) is 9.59 Å². The molecule has 2 rings (SSSR count). The summed E-state index contributed by atoms with van der Waals surface area (Å²) in [5.74, 6) is -0.159. The Labute approximate surface area is 154 Å². The maximum Gasteiger partial charge on any atom is 0.278 e. The van der Waals surface area contributed by atoms with Gasteiger partial charge in [-0.1, -0.05) is 17.7 Å². The van der Waals surface area contributed by atoms with Crippen LogP contribution in [0.2, 0.25) is 5.02 Å². The van der Waals surface area contributed by atoms with E-state index in [1.165, 1.54) is 9.80 Å². The summed E-state index contributed by atoms with van der Waals surface area (Å²) in [4.78, 5) is 29.3. The topological polar surface area (TPSA) is 58.3 Å². The molecule has 0 bridgehead atoms. The number of amides is 2. The fourth-order valence-electron chi connectivity index (χ4n) is 3.00. The maximum absolute atomic E-state index is 12.5. The summed E-state index contributed by atoms with van der Waals surface area (Å²) in [6.07, 6.45) is 0. The first-order valence-electron chi connectivity index (χ1n) is 8.87. The van der Waals surface area contributed by atoms with Gasteiger partial charge in [-0.3, -0.25) is 9.59 Å². The number of nitrogens with zero attached hydrogens (tertiary/aromatic N) is 1. The Hall–Kier alpha value is -1.63. The Morgan fingerprint density at radius 1 is 1.24 bits per heavy atom. The number of carbonyl (C=O) groups excluding carboxylic acids is 2. The molecule has 3 N–H and O–H groups in total. The van der Waals surface area contributed by atoms with Crippen molar-refractivity contribution in [3.63, 3.8) is 0 Å². The molecule has 1 aromatic rings. The molecular weight excluding hydrogens is 340 g/mol. The van der Waals surface area contributed by atoms with E-state index in [4.69, 9.17) is 11.6 Å². The fourth-order valence-corrected chi connectivity index (χ4v) is 3.17. The minimum absolute atomic E-state index is 0.0371. The van der Waals surface area contributed by atoms with Crippen molar-refractivity contribution in [3.05, 3.63) is 28.8 Å². The lowest BCUT2D eigenvalue weighted by atomic mass is 10.2. The Kier molecular flexibility index (Phi) is 7.23. The summed E-state index contributed by atoms with van der Waals surface area (Å²) in [7, 11) is 2.18. The van der Waals surface area contributed by atoms with Crippen molar-refractivity contribution >= 4 is 29.1 Å². The van der Waals surface area contributed by atoms with Crippen molar-refractivity contribution in [1.29, 1.82) is 0 Å². The van der Waals surface area contributed by atoms with Crippen molar-refractivity contribution < 1.29 is 19.4 Å². The molecule has 0 aliphatic carbocycles. The molecule has 0 saturated carbocycles. The van der Waals surface area contributed by atoms with Gasteiger partial charge in [0.05, 0.1) is 7.05 Å². The second-order valence-corrected chi connectivity index (χ2v) is 7.24. The van der Waals surface area contributed by atoms with Crippen molar-refractivity contribution in [2.45, 2.75) is 13.8 Å². The minimum Gasteiger partial charge on any atom is -0.329 e. The van der Waals surface area contributed by atoms with E-state index in [9.17, 15) is 9.59 Å². The average Bonchev–Trinajstić information content (AvgIpc) is 2.58. The van der Waals surface area contributed by atoms with Crippen LogP contribution in [-0.4, -0.2) is 69.6 Å². The monoisotopic (exact) mass is 368 g/mol. The molecule has 1 aliphatic rings. The van der Waals surface area contributed by atoms with Gasteiger partial charge in [0.25, 0.3) is 5.91 Å². The van der Waals surface area contributed by atoms with E-state index in [0.717, 1.165) is 31.7 Å². The van der Waals surface area contributed by atoms with Crippen LogP contribution in [0.15, 0.2) is 18.2 Å². The van der Waals surface area contributed by atoms with E-state index >= 15 is 0 Å². The summed E-state index contributed by atoms with van der Waals surface area (Å²) in [6, 6.07) is 5.37. The van der Waals surface area contributed by atoms with E-state index < -0.39 is 0 Å². The largest absolute Gasteiger partial charge is 0.329 e. The third-order valence-corrected chi connectivity index (χ3v) is 4.99. The van der Waals surface area contributed by atoms with Crippen LogP contribution in [0.3, 0.4) is 0 Å². The number of benzene rings is 1. The quantitative estimate of drug-likeness (QED) is 0.594. The van der Waals surface area contributed by atoms with Gasteiger partial charge in [-0.25, -0.2) is 0 Å². The number of hydrogen-bond donors (Lipinski definition) is 3. The molecule has 1 saturated heterocycles. The Morgan fingerprint density at radius 2 is 1.92 bits per heavy atom. The Morgan fingerprint density at radius 3 is 2.56 bits per heavy atom. The molecule has 0 unspecified atom stereocenters. The van der Waals surface area contributed by atoms with Gasteiger partial charge in [0, 0.05) is 17.3 Å². The third kappa shape index (κ3) is 5.99. The highest BCUT2D eigenvalue weighted by molar-refractivity contribution is 6.31. The number of hydrogen-bond acceptors (Lipinski definition) is 2. The zero-order valence-corrected chi connectivity index (χ0v) is 16.1. The van der Waals surface area contributed by atoms with E-state index in [2.05, 4.69) is 12.4 Å². The Balaban J connectivity index is 1.88. The zero-order valence-electron chi connectivity index (χ0n) is 15.3. The van der Waals surface area contributed by atoms with Gasteiger partial charge in [-0.2, -0.15) is 0 Å². The van der Waals surface area contributed by atoms with Crippen LogP contribution in [0, 0.1) is 6.92 Å². The lowest BCUT2D eigenvalue weighted by Gasteiger charge is -2.28. The van der Waals surface area contributed by atoms with Crippen LogP contribution >= 0.6 is 11.6 Å². The van der Waals surface area contributed by atoms with Gasteiger partial charge in [0.2, 0.25) is 5.91 Å². The molecule has 7 heteroatoms. The molecule has 0 spiro atoms. The van der Waals surface area contributed by atoms with E-state index in [0.29, 0.717) is 23.8 Å². The van der Waals surface area contributed by atoms with Crippen LogP contribution in [0.5, 0.6) is 0 Å². The number of carbonyl (C=O) groups is 2. The number of rotatable bonds is 6. The summed E-state index contributed by atoms with van der Waals surface area (Å²) in [5.41, 5.74) is 1.63. The standard InChI is InChI=1S/C18H27ClN4O2/c1-4-23(18(25)13-22-9-7-21(3)8-10-22)12-17(24)20-16-11-15(19)6-5-14(16)2/h5-6,11H,4,7-10,12-13H2,1-3H3,(H,20,24)/p+2. The van der Waals surface area contributed by atoms with Crippen molar-refractivity contribution in [2.24, 2.45) is 0 Å². The first-order valence-corrected chi connectivity index (χ1v) is 9.25. The number of halogens is 1.